The SMILES string of the molecule is CCOC(=O)C1=C(c2ccccc2)N=c2s/c(=C\c3cc(Br)ccc3OC)c(=O)n2[C@@H]1c1ccc(OC)c(OC)c1. The Morgan fingerprint density at radius 3 is 2.37 bits per heavy atom. The maximum Gasteiger partial charge on any atom is 0.338 e. The second kappa shape index (κ2) is 12.2. The lowest BCUT2D eigenvalue weighted by atomic mass is 9.93. The third-order valence-electron chi connectivity index (χ3n) is 6.58. The van der Waals surface area contributed by atoms with Crippen molar-refractivity contribution in [3.8, 4) is 17.2 Å². The van der Waals surface area contributed by atoms with Crippen LogP contribution >= 0.6 is 27.3 Å². The highest BCUT2D eigenvalue weighted by Crippen LogP contribution is 2.38. The van der Waals surface area contributed by atoms with E-state index in [1.54, 1.807) is 43.9 Å². The van der Waals surface area contributed by atoms with Crippen LogP contribution in [0.3, 0.4) is 0 Å². The van der Waals surface area contributed by atoms with Crippen LogP contribution in [0.4, 0.5) is 0 Å². The minimum atomic E-state index is -0.841. The largest absolute Gasteiger partial charge is 0.496 e. The number of fused-ring (bicyclic) bond motifs is 1. The van der Waals surface area contributed by atoms with Gasteiger partial charge in [-0.2, -0.15) is 0 Å². The first-order valence-corrected chi connectivity index (χ1v) is 14.3. The number of carbonyl (C=O) groups excluding carboxylic acids is 1. The van der Waals surface area contributed by atoms with E-state index >= 15 is 0 Å². The molecule has 1 aliphatic heterocycles. The van der Waals surface area contributed by atoms with Gasteiger partial charge in [-0.1, -0.05) is 63.7 Å². The standard InChI is InChI=1S/C31H27BrN2O6S/c1-5-40-30(36)26-27(18-9-7-6-8-10-18)33-31-34(28(26)19-11-13-23(38-3)24(16-19)39-4)29(35)25(41-31)17-20-15-21(32)12-14-22(20)37-2/h6-17,28H,5H2,1-4H3/b25-17-/t28-/m1/s1. The van der Waals surface area contributed by atoms with E-state index in [1.165, 1.54) is 18.4 Å². The number of rotatable bonds is 8. The zero-order chi connectivity index (χ0) is 29.1. The van der Waals surface area contributed by atoms with E-state index in [0.717, 1.165) is 15.6 Å². The lowest BCUT2D eigenvalue weighted by Crippen LogP contribution is -2.40. The molecule has 4 aromatic rings. The molecule has 0 spiro atoms. The first kappa shape index (κ1) is 28.4. The number of benzene rings is 3. The smallest absolute Gasteiger partial charge is 0.338 e. The molecule has 2 heterocycles. The van der Waals surface area contributed by atoms with E-state index in [9.17, 15) is 9.59 Å². The molecule has 3 aromatic carbocycles. The lowest BCUT2D eigenvalue weighted by molar-refractivity contribution is -0.138. The summed E-state index contributed by atoms with van der Waals surface area (Å²) in [7, 11) is 4.67. The highest BCUT2D eigenvalue weighted by molar-refractivity contribution is 9.10. The van der Waals surface area contributed by atoms with Gasteiger partial charge in [0.15, 0.2) is 16.3 Å². The molecule has 0 aliphatic carbocycles. The maximum absolute atomic E-state index is 14.1. The molecule has 0 bridgehead atoms. The van der Waals surface area contributed by atoms with Gasteiger partial charge < -0.3 is 18.9 Å². The molecule has 0 unspecified atom stereocenters. The van der Waals surface area contributed by atoms with E-state index in [4.69, 9.17) is 23.9 Å². The molecule has 1 atom stereocenters. The minimum Gasteiger partial charge on any atom is -0.496 e. The summed E-state index contributed by atoms with van der Waals surface area (Å²) in [5.74, 6) is 1.05. The van der Waals surface area contributed by atoms with Crippen molar-refractivity contribution < 1.29 is 23.7 Å². The van der Waals surface area contributed by atoms with E-state index < -0.39 is 12.0 Å². The summed E-state index contributed by atoms with van der Waals surface area (Å²) in [5.41, 5.74) is 2.49. The maximum atomic E-state index is 14.1. The summed E-state index contributed by atoms with van der Waals surface area (Å²) in [6.45, 7) is 1.91. The van der Waals surface area contributed by atoms with Gasteiger partial charge in [-0.3, -0.25) is 9.36 Å². The summed E-state index contributed by atoms with van der Waals surface area (Å²) in [6.07, 6.45) is 1.77. The summed E-state index contributed by atoms with van der Waals surface area (Å²) in [6, 6.07) is 19.5. The predicted octanol–water partition coefficient (Wildman–Crippen LogP) is 4.72. The average Bonchev–Trinajstić information content (AvgIpc) is 3.30. The van der Waals surface area contributed by atoms with Crippen LogP contribution < -0.4 is 29.1 Å². The van der Waals surface area contributed by atoms with Crippen LogP contribution in [-0.4, -0.2) is 38.5 Å². The number of aromatic nitrogens is 1. The van der Waals surface area contributed by atoms with Crippen LogP contribution in [0.1, 0.15) is 29.7 Å². The molecule has 1 aromatic heterocycles. The second-order valence-corrected chi connectivity index (χ2v) is 10.9. The molecular weight excluding hydrogens is 608 g/mol. The molecule has 0 fully saturated rings. The van der Waals surface area contributed by atoms with Crippen LogP contribution in [0.2, 0.25) is 0 Å². The molecular formula is C31H27BrN2O6S. The van der Waals surface area contributed by atoms with Crippen molar-refractivity contribution in [2.75, 3.05) is 27.9 Å². The van der Waals surface area contributed by atoms with Gasteiger partial charge in [0.1, 0.15) is 5.75 Å². The van der Waals surface area contributed by atoms with Gasteiger partial charge in [-0.25, -0.2) is 9.79 Å². The fourth-order valence-electron chi connectivity index (χ4n) is 4.74. The average molecular weight is 636 g/mol. The van der Waals surface area contributed by atoms with Crippen molar-refractivity contribution in [3.05, 3.63) is 113 Å². The number of thiazole rings is 1. The predicted molar refractivity (Wildman–Crippen MR) is 161 cm³/mol. The molecule has 0 amide bonds. The first-order valence-electron chi connectivity index (χ1n) is 12.7. The number of nitrogens with zero attached hydrogens (tertiary/aromatic N) is 2. The molecule has 0 saturated heterocycles. The Labute approximate surface area is 248 Å². The molecule has 10 heteroatoms. The van der Waals surface area contributed by atoms with Crippen molar-refractivity contribution in [1.29, 1.82) is 0 Å². The van der Waals surface area contributed by atoms with E-state index in [1.807, 2.05) is 54.6 Å². The summed E-state index contributed by atoms with van der Waals surface area (Å²) in [4.78, 5) is 33.1. The van der Waals surface area contributed by atoms with Crippen molar-refractivity contribution >= 4 is 45.0 Å². The van der Waals surface area contributed by atoms with E-state index in [2.05, 4.69) is 15.9 Å². The summed E-state index contributed by atoms with van der Waals surface area (Å²) < 4.78 is 24.9. The quantitative estimate of drug-likeness (QED) is 0.261. The first-order chi connectivity index (χ1) is 19.9. The molecule has 0 N–H and O–H groups in total. The van der Waals surface area contributed by atoms with Gasteiger partial charge in [-0.15, -0.1) is 0 Å². The van der Waals surface area contributed by atoms with Gasteiger partial charge in [0.25, 0.3) is 5.56 Å². The van der Waals surface area contributed by atoms with Gasteiger partial charge >= 0.3 is 5.97 Å². The van der Waals surface area contributed by atoms with Gasteiger partial charge in [-0.05, 0) is 48.9 Å². The normalized spacial score (nSPS) is 14.8. The molecule has 41 heavy (non-hydrogen) atoms. The Morgan fingerprint density at radius 2 is 1.68 bits per heavy atom. The zero-order valence-corrected chi connectivity index (χ0v) is 25.2. The Kier molecular flexibility index (Phi) is 8.41. The second-order valence-electron chi connectivity index (χ2n) is 8.93. The molecule has 1 aliphatic rings. The number of hydrogen-bond donors (Lipinski definition) is 0. The van der Waals surface area contributed by atoms with Crippen molar-refractivity contribution in [2.45, 2.75) is 13.0 Å². The van der Waals surface area contributed by atoms with Crippen LogP contribution in [0.15, 0.2) is 86.6 Å². The molecule has 8 nitrogen and oxygen atoms in total. The number of hydrogen-bond acceptors (Lipinski definition) is 8. The highest BCUT2D eigenvalue weighted by atomic mass is 79.9. The van der Waals surface area contributed by atoms with Crippen LogP contribution in [0.25, 0.3) is 11.8 Å². The summed E-state index contributed by atoms with van der Waals surface area (Å²) in [5, 5.41) is 0. The fraction of sp³-hybridized carbons (Fsp3) is 0.194. The Morgan fingerprint density at radius 1 is 0.976 bits per heavy atom. The lowest BCUT2D eigenvalue weighted by Gasteiger charge is -2.26. The molecule has 0 radical (unpaired) electrons. The van der Waals surface area contributed by atoms with Crippen molar-refractivity contribution in [3.63, 3.8) is 0 Å². The van der Waals surface area contributed by atoms with Crippen molar-refractivity contribution in [1.82, 2.24) is 4.57 Å². The number of ether oxygens (including phenoxy) is 4. The van der Waals surface area contributed by atoms with E-state index in [0.29, 0.717) is 37.8 Å². The molecule has 210 valence electrons. The third kappa shape index (κ3) is 5.45. The molecule has 0 saturated carbocycles. The third-order valence-corrected chi connectivity index (χ3v) is 8.05. The van der Waals surface area contributed by atoms with Crippen LogP contribution in [0, 0.1) is 0 Å². The van der Waals surface area contributed by atoms with Gasteiger partial charge in [0, 0.05) is 15.6 Å². The minimum absolute atomic E-state index is 0.163. The zero-order valence-electron chi connectivity index (χ0n) is 22.8. The number of esters is 1. The Hall–Kier alpha value is -4.15. The van der Waals surface area contributed by atoms with Crippen LogP contribution in [-0.2, 0) is 9.53 Å². The van der Waals surface area contributed by atoms with Gasteiger partial charge in [0.2, 0.25) is 0 Å². The van der Waals surface area contributed by atoms with Crippen LogP contribution in [0.5, 0.6) is 17.2 Å². The monoisotopic (exact) mass is 634 g/mol. The summed E-state index contributed by atoms with van der Waals surface area (Å²) >= 11 is 4.74. The van der Waals surface area contributed by atoms with E-state index in [-0.39, 0.29) is 17.7 Å². The number of carbonyl (C=O) groups is 1. The Balaban J connectivity index is 1.86. The fourth-order valence-corrected chi connectivity index (χ4v) is 6.11. The molecule has 5 rings (SSSR count). The highest BCUT2D eigenvalue weighted by Gasteiger charge is 2.35. The van der Waals surface area contributed by atoms with Crippen molar-refractivity contribution in [2.24, 2.45) is 4.99 Å². The Bertz CT molecular complexity index is 1830. The number of methoxy groups -OCH3 is 3. The number of halogens is 1. The topological polar surface area (TPSA) is 88.4 Å². The van der Waals surface area contributed by atoms with Gasteiger partial charge in [0.05, 0.1) is 49.8 Å².